The van der Waals surface area contributed by atoms with Gasteiger partial charge in [0.2, 0.25) is 15.9 Å². The van der Waals surface area contributed by atoms with Crippen molar-refractivity contribution in [2.24, 2.45) is 0 Å². The maximum absolute atomic E-state index is 12.8. The summed E-state index contributed by atoms with van der Waals surface area (Å²) in [7, 11) is -3.55. The van der Waals surface area contributed by atoms with E-state index in [-0.39, 0.29) is 17.3 Å². The average Bonchev–Trinajstić information content (AvgIpc) is 3.03. The van der Waals surface area contributed by atoms with E-state index in [1.54, 1.807) is 24.3 Å². The second kappa shape index (κ2) is 9.67. The molecule has 1 heterocycles. The number of hydrogen-bond donors (Lipinski definition) is 2. The molecule has 2 N–H and O–H groups in total. The van der Waals surface area contributed by atoms with E-state index in [2.05, 4.69) is 10.6 Å². The van der Waals surface area contributed by atoms with Gasteiger partial charge in [-0.25, -0.2) is 8.42 Å². The fraction of sp³-hybridized carbons (Fsp3) is 0.333. The summed E-state index contributed by atoms with van der Waals surface area (Å²) < 4.78 is 27.1. The first-order valence-electron chi connectivity index (χ1n) is 9.70. The van der Waals surface area contributed by atoms with Crippen molar-refractivity contribution in [1.82, 2.24) is 9.62 Å². The molecule has 0 unspecified atom stereocenters. The second-order valence-corrected chi connectivity index (χ2v) is 8.88. The zero-order chi connectivity index (χ0) is 20.7. The standard InChI is InChI=1S/C21H25N3O4S/c25-20(23-18-8-4-3-5-9-18)16-22-21(26)17-10-12-19(13-11-17)29(27,28)24-14-6-1-2-7-15-24/h3-5,8-13H,1-2,6-7,14-16H2,(H,22,26)(H,23,25). The van der Waals surface area contributed by atoms with Crippen molar-refractivity contribution in [1.29, 1.82) is 0 Å². The van der Waals surface area contributed by atoms with E-state index in [9.17, 15) is 18.0 Å². The lowest BCUT2D eigenvalue weighted by atomic mass is 10.2. The van der Waals surface area contributed by atoms with E-state index >= 15 is 0 Å². The molecule has 0 aromatic heterocycles. The minimum Gasteiger partial charge on any atom is -0.343 e. The normalized spacial score (nSPS) is 15.3. The third-order valence-corrected chi connectivity index (χ3v) is 6.70. The maximum Gasteiger partial charge on any atom is 0.251 e. The van der Waals surface area contributed by atoms with Gasteiger partial charge in [-0.2, -0.15) is 4.31 Å². The van der Waals surface area contributed by atoms with Crippen LogP contribution in [0.3, 0.4) is 0 Å². The highest BCUT2D eigenvalue weighted by molar-refractivity contribution is 7.89. The zero-order valence-electron chi connectivity index (χ0n) is 16.1. The van der Waals surface area contributed by atoms with E-state index in [1.807, 2.05) is 6.07 Å². The number of benzene rings is 2. The Hall–Kier alpha value is -2.71. The molecule has 0 saturated carbocycles. The van der Waals surface area contributed by atoms with E-state index < -0.39 is 15.9 Å². The van der Waals surface area contributed by atoms with Crippen molar-refractivity contribution in [3.05, 3.63) is 60.2 Å². The molecule has 2 aromatic carbocycles. The number of anilines is 1. The smallest absolute Gasteiger partial charge is 0.251 e. The highest BCUT2D eigenvalue weighted by Gasteiger charge is 2.25. The fourth-order valence-corrected chi connectivity index (χ4v) is 4.72. The van der Waals surface area contributed by atoms with Crippen LogP contribution in [0.15, 0.2) is 59.5 Å². The predicted molar refractivity (Wildman–Crippen MR) is 111 cm³/mol. The van der Waals surface area contributed by atoms with Gasteiger partial charge in [-0.1, -0.05) is 31.0 Å². The molecule has 154 valence electrons. The van der Waals surface area contributed by atoms with Crippen LogP contribution in [-0.4, -0.2) is 44.2 Å². The van der Waals surface area contributed by atoms with Crippen LogP contribution in [0.5, 0.6) is 0 Å². The zero-order valence-corrected chi connectivity index (χ0v) is 17.0. The van der Waals surface area contributed by atoms with Crippen LogP contribution in [0.1, 0.15) is 36.0 Å². The molecule has 2 amide bonds. The van der Waals surface area contributed by atoms with E-state index in [1.165, 1.54) is 28.6 Å². The lowest BCUT2D eigenvalue weighted by Crippen LogP contribution is -2.33. The molecule has 8 heteroatoms. The molecule has 1 saturated heterocycles. The summed E-state index contributed by atoms with van der Waals surface area (Å²) in [6, 6.07) is 14.8. The number of hydrogen-bond acceptors (Lipinski definition) is 4. The first-order valence-corrected chi connectivity index (χ1v) is 11.1. The SMILES string of the molecule is O=C(CNC(=O)c1ccc(S(=O)(=O)N2CCCCCC2)cc1)Nc1ccccc1. The third-order valence-electron chi connectivity index (χ3n) is 4.79. The predicted octanol–water partition coefficient (Wildman–Crippen LogP) is 2.62. The molecule has 0 spiro atoms. The minimum absolute atomic E-state index is 0.178. The molecule has 0 bridgehead atoms. The Bertz CT molecular complexity index is 936. The molecule has 0 radical (unpaired) electrons. The molecule has 1 aliphatic rings. The van der Waals surface area contributed by atoms with Crippen LogP contribution in [0.2, 0.25) is 0 Å². The van der Waals surface area contributed by atoms with Gasteiger partial charge in [0.05, 0.1) is 11.4 Å². The van der Waals surface area contributed by atoms with Gasteiger partial charge >= 0.3 is 0 Å². The number of sulfonamides is 1. The van der Waals surface area contributed by atoms with Gasteiger partial charge in [0.25, 0.3) is 5.91 Å². The summed E-state index contributed by atoms with van der Waals surface area (Å²) in [6.45, 7) is 0.879. The van der Waals surface area contributed by atoms with Gasteiger partial charge in [0, 0.05) is 24.3 Å². The fourth-order valence-electron chi connectivity index (χ4n) is 3.20. The van der Waals surface area contributed by atoms with Gasteiger partial charge in [0.1, 0.15) is 0 Å². The van der Waals surface area contributed by atoms with Crippen molar-refractivity contribution in [3.63, 3.8) is 0 Å². The molecule has 7 nitrogen and oxygen atoms in total. The lowest BCUT2D eigenvalue weighted by Gasteiger charge is -2.20. The summed E-state index contributed by atoms with van der Waals surface area (Å²) in [5.41, 5.74) is 0.946. The van der Waals surface area contributed by atoms with Crippen molar-refractivity contribution < 1.29 is 18.0 Å². The number of amides is 2. The quantitative estimate of drug-likeness (QED) is 0.758. The lowest BCUT2D eigenvalue weighted by molar-refractivity contribution is -0.115. The molecule has 29 heavy (non-hydrogen) atoms. The van der Waals surface area contributed by atoms with Crippen molar-refractivity contribution in [3.8, 4) is 0 Å². The average molecular weight is 416 g/mol. The third kappa shape index (κ3) is 5.65. The number of nitrogens with zero attached hydrogens (tertiary/aromatic N) is 1. The number of carbonyl (C=O) groups is 2. The van der Waals surface area contributed by atoms with Crippen molar-refractivity contribution in [2.75, 3.05) is 25.0 Å². The Balaban J connectivity index is 1.57. The van der Waals surface area contributed by atoms with Gasteiger partial charge in [0.15, 0.2) is 0 Å². The molecular weight excluding hydrogens is 390 g/mol. The summed E-state index contributed by atoms with van der Waals surface area (Å²) in [5, 5.41) is 5.22. The van der Waals surface area contributed by atoms with Crippen LogP contribution in [0.4, 0.5) is 5.69 Å². The van der Waals surface area contributed by atoms with Crippen LogP contribution in [-0.2, 0) is 14.8 Å². The number of nitrogens with one attached hydrogen (secondary N) is 2. The Labute approximate surface area is 171 Å². The number of carbonyl (C=O) groups excluding carboxylic acids is 2. The molecule has 0 aliphatic carbocycles. The van der Waals surface area contributed by atoms with Crippen LogP contribution < -0.4 is 10.6 Å². The summed E-state index contributed by atoms with van der Waals surface area (Å²) in [5.74, 6) is -0.781. The van der Waals surface area contributed by atoms with Crippen LogP contribution in [0.25, 0.3) is 0 Å². The topological polar surface area (TPSA) is 95.6 Å². The Kier molecular flexibility index (Phi) is 7.00. The van der Waals surface area contributed by atoms with E-state index in [4.69, 9.17) is 0 Å². The van der Waals surface area contributed by atoms with Gasteiger partial charge in [-0.15, -0.1) is 0 Å². The van der Waals surface area contributed by atoms with Crippen LogP contribution >= 0.6 is 0 Å². The van der Waals surface area contributed by atoms with Crippen LogP contribution in [0, 0.1) is 0 Å². The summed E-state index contributed by atoms with van der Waals surface area (Å²) >= 11 is 0. The molecule has 1 fully saturated rings. The molecule has 3 rings (SSSR count). The number of para-hydroxylation sites is 1. The van der Waals surface area contributed by atoms with Crippen molar-refractivity contribution in [2.45, 2.75) is 30.6 Å². The minimum atomic E-state index is -3.55. The molecular formula is C21H25N3O4S. The Morgan fingerprint density at radius 2 is 1.48 bits per heavy atom. The Morgan fingerprint density at radius 1 is 0.862 bits per heavy atom. The highest BCUT2D eigenvalue weighted by atomic mass is 32.2. The van der Waals surface area contributed by atoms with Crippen molar-refractivity contribution >= 4 is 27.5 Å². The largest absolute Gasteiger partial charge is 0.343 e. The second-order valence-electron chi connectivity index (χ2n) is 6.94. The van der Waals surface area contributed by atoms with Gasteiger partial charge in [-0.05, 0) is 49.2 Å². The summed E-state index contributed by atoms with van der Waals surface area (Å²) in [6.07, 6.45) is 3.82. The molecule has 1 aliphatic heterocycles. The maximum atomic E-state index is 12.8. The molecule has 2 aromatic rings. The molecule has 0 atom stereocenters. The summed E-state index contributed by atoms with van der Waals surface area (Å²) in [4.78, 5) is 24.4. The monoisotopic (exact) mass is 415 g/mol. The first-order chi connectivity index (χ1) is 14.0. The Morgan fingerprint density at radius 3 is 2.10 bits per heavy atom. The first kappa shape index (κ1) is 21.0. The van der Waals surface area contributed by atoms with E-state index in [0.29, 0.717) is 24.3 Å². The van der Waals surface area contributed by atoms with E-state index in [0.717, 1.165) is 25.7 Å². The number of rotatable bonds is 6. The highest BCUT2D eigenvalue weighted by Crippen LogP contribution is 2.20. The van der Waals surface area contributed by atoms with Gasteiger partial charge < -0.3 is 10.6 Å². The van der Waals surface area contributed by atoms with Gasteiger partial charge in [-0.3, -0.25) is 9.59 Å².